The maximum Gasteiger partial charge on any atom is 0.213 e. The summed E-state index contributed by atoms with van der Waals surface area (Å²) in [5.41, 5.74) is 1.13. The summed E-state index contributed by atoms with van der Waals surface area (Å²) in [5, 5.41) is 7.51. The smallest absolute Gasteiger partial charge is 0.213 e. The summed E-state index contributed by atoms with van der Waals surface area (Å²) in [5.74, 6) is 3.64. The van der Waals surface area contributed by atoms with Gasteiger partial charge in [-0.25, -0.2) is 9.98 Å². The molecule has 2 fully saturated rings. The van der Waals surface area contributed by atoms with Crippen molar-refractivity contribution in [3.8, 4) is 5.88 Å². The van der Waals surface area contributed by atoms with Gasteiger partial charge in [-0.05, 0) is 55.9 Å². The third-order valence-electron chi connectivity index (χ3n) is 4.25. The number of hydrogen-bond donors (Lipinski definition) is 2. The first-order valence-corrected chi connectivity index (χ1v) is 10.1. The van der Waals surface area contributed by atoms with Gasteiger partial charge in [0.25, 0.3) is 0 Å². The zero-order chi connectivity index (χ0) is 16.6. The molecular weight excluding hydrogens is 320 g/mol. The molecule has 5 nitrogen and oxygen atoms in total. The lowest BCUT2D eigenvalue weighted by Gasteiger charge is -2.14. The molecule has 2 aliphatic rings. The Morgan fingerprint density at radius 3 is 3.04 bits per heavy atom. The van der Waals surface area contributed by atoms with Gasteiger partial charge >= 0.3 is 0 Å². The van der Waals surface area contributed by atoms with E-state index in [0.717, 1.165) is 48.3 Å². The molecule has 0 amide bonds. The van der Waals surface area contributed by atoms with E-state index in [4.69, 9.17) is 9.73 Å². The van der Waals surface area contributed by atoms with Crippen molar-refractivity contribution in [2.24, 2.45) is 10.9 Å². The molecule has 24 heavy (non-hydrogen) atoms. The highest BCUT2D eigenvalue weighted by atomic mass is 32.2. The standard InChI is InChI=1S/C18H28N4OS/c1-2-19-18(22-12-16-4-3-9-24-16)21-11-15-7-8-20-17(10-15)23-13-14-5-6-14/h7-8,10,14,16H,2-6,9,11-13H2,1H3,(H2,19,21,22). The molecule has 132 valence electrons. The molecule has 1 aliphatic carbocycles. The van der Waals surface area contributed by atoms with Gasteiger partial charge in [-0.2, -0.15) is 11.8 Å². The summed E-state index contributed by atoms with van der Waals surface area (Å²) in [7, 11) is 0. The maximum absolute atomic E-state index is 5.75. The van der Waals surface area contributed by atoms with Gasteiger partial charge < -0.3 is 15.4 Å². The zero-order valence-electron chi connectivity index (χ0n) is 14.5. The van der Waals surface area contributed by atoms with E-state index in [-0.39, 0.29) is 0 Å². The third-order valence-corrected chi connectivity index (χ3v) is 5.65. The number of ether oxygens (including phenoxy) is 1. The molecule has 2 heterocycles. The number of nitrogens with one attached hydrogen (secondary N) is 2. The predicted molar refractivity (Wildman–Crippen MR) is 101 cm³/mol. The van der Waals surface area contributed by atoms with Crippen LogP contribution in [-0.2, 0) is 6.54 Å². The third kappa shape index (κ3) is 5.89. The molecule has 0 aromatic carbocycles. The van der Waals surface area contributed by atoms with Crippen molar-refractivity contribution in [3.05, 3.63) is 23.9 Å². The van der Waals surface area contributed by atoms with Gasteiger partial charge in [0.2, 0.25) is 5.88 Å². The molecule has 1 aromatic heterocycles. The van der Waals surface area contributed by atoms with E-state index in [2.05, 4.69) is 34.3 Å². The number of nitrogens with zero attached hydrogens (tertiary/aromatic N) is 2. The molecule has 0 bridgehead atoms. The van der Waals surface area contributed by atoms with E-state index in [9.17, 15) is 0 Å². The van der Waals surface area contributed by atoms with Crippen LogP contribution in [0.25, 0.3) is 0 Å². The first kappa shape index (κ1) is 17.4. The van der Waals surface area contributed by atoms with Gasteiger partial charge in [-0.3, -0.25) is 0 Å². The maximum atomic E-state index is 5.75. The number of aromatic nitrogens is 1. The molecule has 0 spiro atoms. The SMILES string of the molecule is CCNC(=NCc1ccnc(OCC2CC2)c1)NCC1CCCS1. The highest BCUT2D eigenvalue weighted by Crippen LogP contribution is 2.29. The Balaban J connectivity index is 1.50. The Kier molecular flexibility index (Phi) is 6.64. The Labute approximate surface area is 149 Å². The van der Waals surface area contributed by atoms with Crippen LogP contribution in [0.4, 0.5) is 0 Å². The number of thioether (sulfide) groups is 1. The van der Waals surface area contributed by atoms with Gasteiger partial charge in [-0.15, -0.1) is 0 Å². The Hall–Kier alpha value is -1.43. The molecule has 1 atom stereocenters. The van der Waals surface area contributed by atoms with Crippen LogP contribution in [-0.4, -0.2) is 41.6 Å². The number of guanidine groups is 1. The minimum atomic E-state index is 0.634. The van der Waals surface area contributed by atoms with Gasteiger partial charge in [0.1, 0.15) is 0 Å². The minimum Gasteiger partial charge on any atom is -0.477 e. The van der Waals surface area contributed by atoms with Crippen LogP contribution in [0.5, 0.6) is 5.88 Å². The molecule has 1 aromatic rings. The summed E-state index contributed by atoms with van der Waals surface area (Å²) >= 11 is 2.06. The van der Waals surface area contributed by atoms with Crippen LogP contribution >= 0.6 is 11.8 Å². The van der Waals surface area contributed by atoms with Crippen molar-refractivity contribution >= 4 is 17.7 Å². The second-order valence-electron chi connectivity index (χ2n) is 6.47. The molecule has 1 aliphatic heterocycles. The number of hydrogen-bond acceptors (Lipinski definition) is 4. The second kappa shape index (κ2) is 9.16. The van der Waals surface area contributed by atoms with E-state index in [0.29, 0.717) is 6.54 Å². The summed E-state index contributed by atoms with van der Waals surface area (Å²) in [6.07, 6.45) is 7.04. The minimum absolute atomic E-state index is 0.634. The summed E-state index contributed by atoms with van der Waals surface area (Å²) in [6.45, 7) is 5.38. The second-order valence-corrected chi connectivity index (χ2v) is 7.88. The van der Waals surface area contributed by atoms with E-state index >= 15 is 0 Å². The van der Waals surface area contributed by atoms with Gasteiger partial charge in [0.15, 0.2) is 5.96 Å². The Bertz CT molecular complexity index is 542. The molecule has 1 saturated heterocycles. The Morgan fingerprint density at radius 1 is 1.38 bits per heavy atom. The van der Waals surface area contributed by atoms with Crippen LogP contribution < -0.4 is 15.4 Å². The molecule has 1 saturated carbocycles. The molecule has 1 unspecified atom stereocenters. The lowest BCUT2D eigenvalue weighted by molar-refractivity contribution is 0.288. The van der Waals surface area contributed by atoms with Crippen molar-refractivity contribution in [2.75, 3.05) is 25.4 Å². The average molecular weight is 349 g/mol. The first-order valence-electron chi connectivity index (χ1n) is 9.05. The highest BCUT2D eigenvalue weighted by molar-refractivity contribution is 8.00. The van der Waals surface area contributed by atoms with Gasteiger partial charge in [-0.1, -0.05) is 0 Å². The van der Waals surface area contributed by atoms with Gasteiger partial charge in [0, 0.05) is 30.6 Å². The van der Waals surface area contributed by atoms with Crippen LogP contribution in [0.15, 0.2) is 23.3 Å². The Morgan fingerprint density at radius 2 is 2.29 bits per heavy atom. The fraction of sp³-hybridized carbons (Fsp3) is 0.667. The van der Waals surface area contributed by atoms with Crippen molar-refractivity contribution in [1.29, 1.82) is 0 Å². The lowest BCUT2D eigenvalue weighted by atomic mass is 10.2. The number of pyridine rings is 1. The normalized spacial score (nSPS) is 20.9. The summed E-state index contributed by atoms with van der Waals surface area (Å²) < 4.78 is 5.75. The van der Waals surface area contributed by atoms with E-state index in [1.807, 2.05) is 18.3 Å². The van der Waals surface area contributed by atoms with Crippen molar-refractivity contribution in [2.45, 2.75) is 44.4 Å². The molecular formula is C18H28N4OS. The van der Waals surface area contributed by atoms with E-state index in [1.54, 1.807) is 0 Å². The van der Waals surface area contributed by atoms with Crippen LogP contribution in [0.2, 0.25) is 0 Å². The number of rotatable bonds is 8. The van der Waals surface area contributed by atoms with Crippen molar-refractivity contribution in [3.63, 3.8) is 0 Å². The van der Waals surface area contributed by atoms with E-state index in [1.165, 1.54) is 31.4 Å². The first-order chi connectivity index (χ1) is 11.8. The average Bonchev–Trinajstić information content (AvgIpc) is 3.29. The van der Waals surface area contributed by atoms with Crippen molar-refractivity contribution < 1.29 is 4.74 Å². The highest BCUT2D eigenvalue weighted by Gasteiger charge is 2.22. The van der Waals surface area contributed by atoms with Crippen molar-refractivity contribution in [1.82, 2.24) is 15.6 Å². The molecule has 2 N–H and O–H groups in total. The molecule has 6 heteroatoms. The monoisotopic (exact) mass is 348 g/mol. The van der Waals surface area contributed by atoms with Gasteiger partial charge in [0.05, 0.1) is 13.2 Å². The van der Waals surface area contributed by atoms with Crippen LogP contribution in [0.1, 0.15) is 38.2 Å². The molecule has 0 radical (unpaired) electrons. The fourth-order valence-corrected chi connectivity index (χ4v) is 3.84. The number of aliphatic imine (C=N–C) groups is 1. The van der Waals surface area contributed by atoms with E-state index < -0.39 is 0 Å². The topological polar surface area (TPSA) is 58.5 Å². The quantitative estimate of drug-likeness (QED) is 0.559. The summed E-state index contributed by atoms with van der Waals surface area (Å²) in [6, 6.07) is 4.01. The predicted octanol–water partition coefficient (Wildman–Crippen LogP) is 2.82. The van der Waals surface area contributed by atoms with Crippen LogP contribution in [0, 0.1) is 5.92 Å². The largest absolute Gasteiger partial charge is 0.477 e. The molecule has 3 rings (SSSR count). The lowest BCUT2D eigenvalue weighted by Crippen LogP contribution is -2.40. The fourth-order valence-electron chi connectivity index (χ4n) is 2.64. The van der Waals surface area contributed by atoms with Crippen LogP contribution in [0.3, 0.4) is 0 Å². The zero-order valence-corrected chi connectivity index (χ0v) is 15.3. The summed E-state index contributed by atoms with van der Waals surface area (Å²) in [4.78, 5) is 8.98.